The van der Waals surface area contributed by atoms with Gasteiger partial charge in [-0.05, 0) is 12.1 Å². The Morgan fingerprint density at radius 2 is 2.08 bits per heavy atom. The van der Waals surface area contributed by atoms with Crippen LogP contribution < -0.4 is 16.8 Å². The molecule has 0 bridgehead atoms. The van der Waals surface area contributed by atoms with Crippen LogP contribution in [-0.2, 0) is 0 Å². The maximum Gasteiger partial charge on any atom is 0.250 e. The van der Waals surface area contributed by atoms with Crippen LogP contribution in [0.25, 0.3) is 0 Å². The van der Waals surface area contributed by atoms with Gasteiger partial charge in [0.05, 0.1) is 5.56 Å². The van der Waals surface area contributed by atoms with Gasteiger partial charge in [0.25, 0.3) is 5.91 Å². The number of rotatable bonds is 4. The molecule has 0 aromatic heterocycles. The summed E-state index contributed by atoms with van der Waals surface area (Å²) < 4.78 is 0. The number of hydrogen-bond acceptors (Lipinski definition) is 3. The van der Waals surface area contributed by atoms with Crippen molar-refractivity contribution in [3.8, 4) is 0 Å². The van der Waals surface area contributed by atoms with E-state index in [1.165, 1.54) is 0 Å². The van der Waals surface area contributed by atoms with Crippen molar-refractivity contribution in [2.45, 2.75) is 0 Å². The van der Waals surface area contributed by atoms with Gasteiger partial charge >= 0.3 is 0 Å². The van der Waals surface area contributed by atoms with Crippen LogP contribution in [-0.4, -0.2) is 19.0 Å². The summed E-state index contributed by atoms with van der Waals surface area (Å²) in [5, 5.41) is 3.02. The molecule has 0 aliphatic carbocycles. The van der Waals surface area contributed by atoms with Gasteiger partial charge in [0, 0.05) is 18.8 Å². The molecular formula is C9H13N3O. The quantitative estimate of drug-likeness (QED) is 0.615. The lowest BCUT2D eigenvalue weighted by atomic mass is 10.1. The summed E-state index contributed by atoms with van der Waals surface area (Å²) in [4.78, 5) is 10.9. The Balaban J connectivity index is 2.84. The number of carbonyl (C=O) groups is 1. The molecule has 0 saturated carbocycles. The number of amides is 1. The first-order valence-electron chi connectivity index (χ1n) is 4.08. The van der Waals surface area contributed by atoms with Crippen molar-refractivity contribution in [1.82, 2.24) is 0 Å². The van der Waals surface area contributed by atoms with Gasteiger partial charge in [0.2, 0.25) is 0 Å². The van der Waals surface area contributed by atoms with E-state index in [0.717, 1.165) is 5.69 Å². The van der Waals surface area contributed by atoms with Crippen LogP contribution >= 0.6 is 0 Å². The lowest BCUT2D eigenvalue weighted by Crippen LogP contribution is -2.18. The van der Waals surface area contributed by atoms with Crippen LogP contribution in [0.15, 0.2) is 24.3 Å². The van der Waals surface area contributed by atoms with E-state index in [0.29, 0.717) is 18.7 Å². The van der Waals surface area contributed by atoms with Gasteiger partial charge in [-0.15, -0.1) is 0 Å². The lowest BCUT2D eigenvalue weighted by Gasteiger charge is -2.07. The highest BCUT2D eigenvalue weighted by molar-refractivity contribution is 5.98. The molecule has 0 spiro atoms. The fourth-order valence-electron chi connectivity index (χ4n) is 1.06. The first-order chi connectivity index (χ1) is 6.25. The van der Waals surface area contributed by atoms with E-state index in [4.69, 9.17) is 11.5 Å². The number of primary amides is 1. The van der Waals surface area contributed by atoms with E-state index in [1.807, 2.05) is 6.07 Å². The van der Waals surface area contributed by atoms with Gasteiger partial charge in [0.15, 0.2) is 0 Å². The monoisotopic (exact) mass is 179 g/mol. The third kappa shape index (κ3) is 2.45. The van der Waals surface area contributed by atoms with Crippen molar-refractivity contribution in [2.75, 3.05) is 18.4 Å². The molecular weight excluding hydrogens is 166 g/mol. The number of carbonyl (C=O) groups excluding carboxylic acids is 1. The van der Waals surface area contributed by atoms with Gasteiger partial charge in [-0.3, -0.25) is 4.79 Å². The molecule has 4 nitrogen and oxygen atoms in total. The van der Waals surface area contributed by atoms with E-state index in [1.54, 1.807) is 18.2 Å². The Kier molecular flexibility index (Phi) is 3.28. The number of para-hydroxylation sites is 1. The van der Waals surface area contributed by atoms with Crippen LogP contribution in [0.4, 0.5) is 5.69 Å². The van der Waals surface area contributed by atoms with Crippen molar-refractivity contribution in [3.05, 3.63) is 29.8 Å². The maximum absolute atomic E-state index is 10.9. The van der Waals surface area contributed by atoms with E-state index >= 15 is 0 Å². The molecule has 1 aromatic rings. The Hall–Kier alpha value is -1.55. The van der Waals surface area contributed by atoms with Crippen LogP contribution in [0.1, 0.15) is 10.4 Å². The average Bonchev–Trinajstić information content (AvgIpc) is 2.15. The number of benzene rings is 1. The molecule has 0 aliphatic heterocycles. The first kappa shape index (κ1) is 9.54. The Morgan fingerprint density at radius 3 is 2.69 bits per heavy atom. The van der Waals surface area contributed by atoms with Crippen molar-refractivity contribution in [1.29, 1.82) is 0 Å². The van der Waals surface area contributed by atoms with E-state index < -0.39 is 5.91 Å². The summed E-state index contributed by atoms with van der Waals surface area (Å²) in [5.41, 5.74) is 11.7. The second kappa shape index (κ2) is 4.47. The number of nitrogens with two attached hydrogens (primary N) is 2. The minimum atomic E-state index is -0.430. The van der Waals surface area contributed by atoms with Crippen molar-refractivity contribution in [2.24, 2.45) is 11.5 Å². The van der Waals surface area contributed by atoms with E-state index in [2.05, 4.69) is 5.32 Å². The zero-order chi connectivity index (χ0) is 9.68. The molecule has 1 rings (SSSR count). The second-order valence-corrected chi connectivity index (χ2v) is 2.63. The molecule has 0 atom stereocenters. The highest BCUT2D eigenvalue weighted by Crippen LogP contribution is 2.13. The average molecular weight is 179 g/mol. The molecule has 0 heterocycles. The highest BCUT2D eigenvalue weighted by Gasteiger charge is 2.04. The van der Waals surface area contributed by atoms with Crippen LogP contribution in [0.2, 0.25) is 0 Å². The van der Waals surface area contributed by atoms with Gasteiger partial charge in [-0.2, -0.15) is 0 Å². The summed E-state index contributed by atoms with van der Waals surface area (Å²) in [6.45, 7) is 1.15. The van der Waals surface area contributed by atoms with Crippen molar-refractivity contribution in [3.63, 3.8) is 0 Å². The molecule has 0 aliphatic rings. The molecule has 13 heavy (non-hydrogen) atoms. The maximum atomic E-state index is 10.9. The smallest absolute Gasteiger partial charge is 0.250 e. The first-order valence-corrected chi connectivity index (χ1v) is 4.08. The summed E-state index contributed by atoms with van der Waals surface area (Å²) >= 11 is 0. The number of nitrogens with one attached hydrogen (secondary N) is 1. The fourth-order valence-corrected chi connectivity index (χ4v) is 1.06. The number of anilines is 1. The second-order valence-electron chi connectivity index (χ2n) is 2.63. The van der Waals surface area contributed by atoms with Crippen LogP contribution in [0.5, 0.6) is 0 Å². The normalized spacial score (nSPS) is 9.62. The zero-order valence-corrected chi connectivity index (χ0v) is 7.29. The minimum Gasteiger partial charge on any atom is -0.383 e. The lowest BCUT2D eigenvalue weighted by molar-refractivity contribution is 0.100. The van der Waals surface area contributed by atoms with Crippen molar-refractivity contribution < 1.29 is 4.79 Å². The summed E-state index contributed by atoms with van der Waals surface area (Å²) in [6, 6.07) is 7.09. The van der Waals surface area contributed by atoms with E-state index in [-0.39, 0.29) is 0 Å². The molecule has 0 fully saturated rings. The highest BCUT2D eigenvalue weighted by atomic mass is 16.1. The summed E-state index contributed by atoms with van der Waals surface area (Å²) in [6.07, 6.45) is 0. The topological polar surface area (TPSA) is 81.1 Å². The number of hydrogen-bond donors (Lipinski definition) is 3. The molecule has 5 N–H and O–H groups in total. The summed E-state index contributed by atoms with van der Waals surface area (Å²) in [5.74, 6) is -0.430. The molecule has 70 valence electrons. The molecule has 1 aromatic carbocycles. The Morgan fingerprint density at radius 1 is 1.38 bits per heavy atom. The Labute approximate surface area is 76.9 Å². The van der Waals surface area contributed by atoms with Gasteiger partial charge in [-0.1, -0.05) is 12.1 Å². The summed E-state index contributed by atoms with van der Waals surface area (Å²) in [7, 11) is 0. The molecule has 4 heteroatoms. The predicted molar refractivity (Wildman–Crippen MR) is 52.5 cm³/mol. The third-order valence-electron chi connectivity index (χ3n) is 1.65. The van der Waals surface area contributed by atoms with Gasteiger partial charge in [-0.25, -0.2) is 0 Å². The third-order valence-corrected chi connectivity index (χ3v) is 1.65. The minimum absolute atomic E-state index is 0.430. The molecule has 0 radical (unpaired) electrons. The zero-order valence-electron chi connectivity index (χ0n) is 7.29. The molecule has 0 unspecified atom stereocenters. The largest absolute Gasteiger partial charge is 0.383 e. The Bertz CT molecular complexity index is 299. The molecule has 0 saturated heterocycles. The van der Waals surface area contributed by atoms with E-state index in [9.17, 15) is 4.79 Å². The molecule has 1 amide bonds. The van der Waals surface area contributed by atoms with Crippen LogP contribution in [0, 0.1) is 0 Å². The van der Waals surface area contributed by atoms with Gasteiger partial charge in [0.1, 0.15) is 0 Å². The van der Waals surface area contributed by atoms with Crippen molar-refractivity contribution >= 4 is 11.6 Å². The van der Waals surface area contributed by atoms with Crippen LogP contribution in [0.3, 0.4) is 0 Å². The standard InChI is InChI=1S/C9H13N3O/c10-5-6-12-8-4-2-1-3-7(8)9(11)13/h1-4,12H,5-6,10H2,(H2,11,13). The fraction of sp³-hybridized carbons (Fsp3) is 0.222. The predicted octanol–water partition coefficient (Wildman–Crippen LogP) is 0.156. The SMILES string of the molecule is NCCNc1ccccc1C(N)=O. The van der Waals surface area contributed by atoms with Gasteiger partial charge < -0.3 is 16.8 Å².